The first-order valence-corrected chi connectivity index (χ1v) is 7.36. The van der Waals surface area contributed by atoms with Crippen LogP contribution < -0.4 is 10.6 Å². The number of fused-ring (bicyclic) bond motifs is 1. The summed E-state index contributed by atoms with van der Waals surface area (Å²) in [6.07, 6.45) is 5.93. The third-order valence-corrected chi connectivity index (χ3v) is 3.76. The average molecular weight is 260 g/mol. The molecule has 1 aromatic rings. The van der Waals surface area contributed by atoms with E-state index in [1.165, 1.54) is 42.4 Å². The van der Waals surface area contributed by atoms with Gasteiger partial charge in [-0.15, -0.1) is 0 Å². The summed E-state index contributed by atoms with van der Waals surface area (Å²) in [5.41, 5.74) is 4.15. The molecule has 0 saturated carbocycles. The lowest BCUT2D eigenvalue weighted by atomic mass is 9.89. The normalized spacial score (nSPS) is 15.5. The molecule has 2 rings (SSSR count). The van der Waals surface area contributed by atoms with Gasteiger partial charge in [0.05, 0.1) is 6.04 Å². The van der Waals surface area contributed by atoms with E-state index in [4.69, 9.17) is 0 Å². The van der Waals surface area contributed by atoms with Gasteiger partial charge in [-0.05, 0) is 55.7 Å². The lowest BCUT2D eigenvalue weighted by Gasteiger charge is -2.20. The molecule has 0 aromatic heterocycles. The number of hydrogen-bond donors (Lipinski definition) is 2. The van der Waals surface area contributed by atoms with Crippen molar-refractivity contribution < 1.29 is 4.79 Å². The molecular weight excluding hydrogens is 236 g/mol. The predicted molar refractivity (Wildman–Crippen MR) is 78.3 cm³/mol. The number of urea groups is 1. The van der Waals surface area contributed by atoms with Gasteiger partial charge >= 0.3 is 6.03 Å². The smallest absolute Gasteiger partial charge is 0.315 e. The molecule has 2 N–H and O–H groups in total. The lowest BCUT2D eigenvalue weighted by Crippen LogP contribution is -2.37. The van der Waals surface area contributed by atoms with E-state index in [-0.39, 0.29) is 12.1 Å². The van der Waals surface area contributed by atoms with Gasteiger partial charge in [-0.3, -0.25) is 0 Å². The topological polar surface area (TPSA) is 41.1 Å². The van der Waals surface area contributed by atoms with Crippen LogP contribution in [0, 0.1) is 0 Å². The molecule has 0 unspecified atom stereocenters. The van der Waals surface area contributed by atoms with Gasteiger partial charge in [0.25, 0.3) is 0 Å². The highest BCUT2D eigenvalue weighted by Gasteiger charge is 2.13. The standard InChI is InChI=1S/C16H24N2O/c1-3-10-17-16(19)18-12(2)14-9-8-13-6-4-5-7-15(13)11-14/h8-9,11-12H,3-7,10H2,1-2H3,(H2,17,18,19)/t12-/m0/s1. The minimum Gasteiger partial charge on any atom is -0.338 e. The quantitative estimate of drug-likeness (QED) is 0.856. The van der Waals surface area contributed by atoms with Crippen LogP contribution in [0.5, 0.6) is 0 Å². The Morgan fingerprint density at radius 1 is 1.26 bits per heavy atom. The van der Waals surface area contributed by atoms with Crippen molar-refractivity contribution >= 4 is 6.03 Å². The third kappa shape index (κ3) is 3.72. The number of carbonyl (C=O) groups excluding carboxylic acids is 1. The molecule has 1 aromatic carbocycles. The Labute approximate surface area is 115 Å². The van der Waals surface area contributed by atoms with Gasteiger partial charge in [-0.2, -0.15) is 0 Å². The largest absolute Gasteiger partial charge is 0.338 e. The van der Waals surface area contributed by atoms with Crippen LogP contribution in [-0.2, 0) is 12.8 Å². The van der Waals surface area contributed by atoms with Crippen LogP contribution in [0.1, 0.15) is 55.8 Å². The Bertz CT molecular complexity index is 442. The predicted octanol–water partition coefficient (Wildman–Crippen LogP) is 3.34. The van der Waals surface area contributed by atoms with E-state index in [1.807, 2.05) is 13.8 Å². The van der Waals surface area contributed by atoms with E-state index in [1.54, 1.807) is 0 Å². The number of benzene rings is 1. The number of aryl methyl sites for hydroxylation is 2. The molecule has 0 bridgehead atoms. The summed E-state index contributed by atoms with van der Waals surface area (Å²) in [5, 5.41) is 5.83. The fraction of sp³-hybridized carbons (Fsp3) is 0.562. The number of hydrogen-bond acceptors (Lipinski definition) is 1. The Balaban J connectivity index is 1.99. The van der Waals surface area contributed by atoms with Crippen LogP contribution in [0.15, 0.2) is 18.2 Å². The van der Waals surface area contributed by atoms with Gasteiger partial charge < -0.3 is 10.6 Å². The molecule has 2 amide bonds. The number of rotatable bonds is 4. The van der Waals surface area contributed by atoms with E-state index in [9.17, 15) is 4.79 Å². The van der Waals surface area contributed by atoms with Crippen molar-refractivity contribution in [3.05, 3.63) is 34.9 Å². The Kier molecular flexibility index (Phi) is 4.83. The van der Waals surface area contributed by atoms with Gasteiger partial charge in [0.15, 0.2) is 0 Å². The van der Waals surface area contributed by atoms with Gasteiger partial charge in [-0.1, -0.05) is 25.1 Å². The zero-order valence-corrected chi connectivity index (χ0v) is 12.0. The van der Waals surface area contributed by atoms with E-state index >= 15 is 0 Å². The SMILES string of the molecule is CCCNC(=O)N[C@@H](C)c1ccc2c(c1)CCCC2. The molecule has 0 spiro atoms. The molecule has 104 valence electrons. The maximum absolute atomic E-state index is 11.7. The summed E-state index contributed by atoms with van der Waals surface area (Å²) in [6.45, 7) is 4.81. The number of nitrogens with one attached hydrogen (secondary N) is 2. The lowest BCUT2D eigenvalue weighted by molar-refractivity contribution is 0.238. The summed E-state index contributed by atoms with van der Waals surface area (Å²) >= 11 is 0. The number of carbonyl (C=O) groups is 1. The van der Waals surface area contributed by atoms with Crippen molar-refractivity contribution in [2.24, 2.45) is 0 Å². The van der Waals surface area contributed by atoms with Gasteiger partial charge in [0, 0.05) is 6.54 Å². The molecule has 0 heterocycles. The molecule has 0 saturated heterocycles. The van der Waals surface area contributed by atoms with Crippen molar-refractivity contribution in [2.45, 2.75) is 52.0 Å². The van der Waals surface area contributed by atoms with Crippen molar-refractivity contribution in [1.82, 2.24) is 10.6 Å². The highest BCUT2D eigenvalue weighted by atomic mass is 16.2. The highest BCUT2D eigenvalue weighted by Crippen LogP contribution is 2.24. The summed E-state index contributed by atoms with van der Waals surface area (Å²) in [6, 6.07) is 6.62. The van der Waals surface area contributed by atoms with Gasteiger partial charge in [0.2, 0.25) is 0 Å². The van der Waals surface area contributed by atoms with Crippen molar-refractivity contribution in [3.8, 4) is 0 Å². The fourth-order valence-electron chi connectivity index (χ4n) is 2.59. The summed E-state index contributed by atoms with van der Waals surface area (Å²) in [5.74, 6) is 0. The van der Waals surface area contributed by atoms with Crippen LogP contribution >= 0.6 is 0 Å². The minimum absolute atomic E-state index is 0.0593. The first-order valence-electron chi connectivity index (χ1n) is 7.36. The minimum atomic E-state index is -0.0768. The van der Waals surface area contributed by atoms with Crippen molar-refractivity contribution in [3.63, 3.8) is 0 Å². The zero-order valence-electron chi connectivity index (χ0n) is 12.0. The maximum atomic E-state index is 11.7. The number of amides is 2. The highest BCUT2D eigenvalue weighted by molar-refractivity contribution is 5.74. The second kappa shape index (κ2) is 6.60. The molecule has 1 aliphatic carbocycles. The van der Waals surface area contributed by atoms with Gasteiger partial charge in [-0.25, -0.2) is 4.79 Å². The van der Waals surface area contributed by atoms with E-state index < -0.39 is 0 Å². The first kappa shape index (κ1) is 13.9. The molecule has 1 atom stereocenters. The molecule has 19 heavy (non-hydrogen) atoms. The zero-order chi connectivity index (χ0) is 13.7. The molecule has 0 aliphatic heterocycles. The molecule has 0 fully saturated rings. The van der Waals surface area contributed by atoms with Crippen LogP contribution in [0.4, 0.5) is 4.79 Å². The van der Waals surface area contributed by atoms with Gasteiger partial charge in [0.1, 0.15) is 0 Å². The van der Waals surface area contributed by atoms with E-state index in [0.29, 0.717) is 0 Å². The Hall–Kier alpha value is -1.51. The van der Waals surface area contributed by atoms with E-state index in [2.05, 4.69) is 28.8 Å². The van der Waals surface area contributed by atoms with Crippen molar-refractivity contribution in [2.75, 3.05) is 6.54 Å². The fourth-order valence-corrected chi connectivity index (χ4v) is 2.59. The molecule has 0 radical (unpaired) electrons. The Morgan fingerprint density at radius 3 is 2.74 bits per heavy atom. The van der Waals surface area contributed by atoms with Crippen LogP contribution in [0.25, 0.3) is 0 Å². The first-order chi connectivity index (χ1) is 9.20. The molecule has 3 heteroatoms. The summed E-state index contributed by atoms with van der Waals surface area (Å²) < 4.78 is 0. The van der Waals surface area contributed by atoms with Crippen molar-refractivity contribution in [1.29, 1.82) is 0 Å². The van der Waals surface area contributed by atoms with Crippen LogP contribution in [0.3, 0.4) is 0 Å². The van der Waals surface area contributed by atoms with Crippen LogP contribution in [0.2, 0.25) is 0 Å². The molecule has 3 nitrogen and oxygen atoms in total. The summed E-state index contributed by atoms with van der Waals surface area (Å²) in [4.78, 5) is 11.7. The average Bonchev–Trinajstić information content (AvgIpc) is 2.44. The summed E-state index contributed by atoms with van der Waals surface area (Å²) in [7, 11) is 0. The Morgan fingerprint density at radius 2 is 2.00 bits per heavy atom. The second-order valence-corrected chi connectivity index (χ2v) is 5.36. The second-order valence-electron chi connectivity index (χ2n) is 5.36. The monoisotopic (exact) mass is 260 g/mol. The maximum Gasteiger partial charge on any atom is 0.315 e. The molecular formula is C16H24N2O. The third-order valence-electron chi connectivity index (χ3n) is 3.76. The van der Waals surface area contributed by atoms with E-state index in [0.717, 1.165) is 13.0 Å². The molecule has 1 aliphatic rings. The van der Waals surface area contributed by atoms with Crippen LogP contribution in [-0.4, -0.2) is 12.6 Å².